The van der Waals surface area contributed by atoms with E-state index in [1.54, 1.807) is 0 Å². The first kappa shape index (κ1) is 16.6. The first-order valence-electron chi connectivity index (χ1n) is 8.50. The van der Waals surface area contributed by atoms with Crippen molar-refractivity contribution in [2.45, 2.75) is 6.42 Å². The first-order chi connectivity index (χ1) is 12.7. The van der Waals surface area contributed by atoms with Crippen LogP contribution in [0.15, 0.2) is 89.1 Å². The Labute approximate surface area is 158 Å². The van der Waals surface area contributed by atoms with Crippen LogP contribution in [0, 0.1) is 0 Å². The van der Waals surface area contributed by atoms with Crippen LogP contribution in [-0.2, 0) is 6.42 Å². The Bertz CT molecular complexity index is 937. The molecule has 0 atom stereocenters. The van der Waals surface area contributed by atoms with Gasteiger partial charge in [0.15, 0.2) is 0 Å². The molecule has 0 unspecified atom stereocenters. The van der Waals surface area contributed by atoms with Crippen LogP contribution in [-0.4, -0.2) is 18.6 Å². The van der Waals surface area contributed by atoms with E-state index in [2.05, 4.69) is 45.4 Å². The van der Waals surface area contributed by atoms with Crippen molar-refractivity contribution in [1.82, 2.24) is 0 Å². The molecular weight excluding hydrogens is 342 g/mol. The fraction of sp³-hybridized carbons (Fsp3) is 0.0909. The molecule has 26 heavy (non-hydrogen) atoms. The quantitative estimate of drug-likeness (QED) is 0.467. The molecule has 128 valence electrons. The van der Waals surface area contributed by atoms with Gasteiger partial charge in [0.25, 0.3) is 0 Å². The summed E-state index contributed by atoms with van der Waals surface area (Å²) in [4.78, 5) is 2.05. The van der Waals surface area contributed by atoms with E-state index < -0.39 is 0 Å². The van der Waals surface area contributed by atoms with Gasteiger partial charge in [-0.3, -0.25) is 0 Å². The number of hydrogen-bond acceptors (Lipinski definition) is 2. The van der Waals surface area contributed by atoms with Gasteiger partial charge in [-0.25, -0.2) is 0 Å². The molecule has 4 heteroatoms. The number of amidine groups is 1. The second kappa shape index (κ2) is 7.14. The van der Waals surface area contributed by atoms with Crippen LogP contribution in [0.25, 0.3) is 0 Å². The molecule has 0 N–H and O–H groups in total. The highest BCUT2D eigenvalue weighted by Crippen LogP contribution is 2.31. The summed E-state index contributed by atoms with van der Waals surface area (Å²) in [5.74, 6) is 0.909. The highest BCUT2D eigenvalue weighted by molar-refractivity contribution is 6.31. The molecule has 1 heterocycles. The number of nitrogens with zero attached hydrogens (tertiary/aromatic N) is 3. The second-order valence-corrected chi connectivity index (χ2v) is 6.64. The van der Waals surface area contributed by atoms with Gasteiger partial charge >= 0.3 is 0 Å². The Hall–Kier alpha value is -2.91. The molecule has 0 aliphatic carbocycles. The topological polar surface area (TPSA) is 28.0 Å². The maximum Gasteiger partial charge on any atom is 0.136 e. The van der Waals surface area contributed by atoms with Crippen molar-refractivity contribution >= 4 is 28.8 Å². The third-order valence-electron chi connectivity index (χ3n) is 4.50. The average molecular weight is 360 g/mol. The number of hydrogen-bond donors (Lipinski definition) is 0. The molecule has 0 radical (unpaired) electrons. The minimum Gasteiger partial charge on any atom is -0.331 e. The molecule has 3 aromatic rings. The zero-order chi connectivity index (χ0) is 17.9. The first-order valence-corrected chi connectivity index (χ1v) is 8.88. The largest absolute Gasteiger partial charge is 0.331 e. The fourth-order valence-electron chi connectivity index (χ4n) is 3.11. The van der Waals surface area contributed by atoms with Crippen molar-refractivity contribution < 1.29 is 0 Å². The van der Waals surface area contributed by atoms with Crippen molar-refractivity contribution in [2.75, 3.05) is 11.9 Å². The van der Waals surface area contributed by atoms with Crippen molar-refractivity contribution in [3.05, 3.63) is 101 Å². The van der Waals surface area contributed by atoms with Crippen LogP contribution in [0.1, 0.15) is 16.7 Å². The van der Waals surface area contributed by atoms with Crippen LogP contribution in [0.3, 0.4) is 0 Å². The number of benzene rings is 3. The standard InChI is InChI=1S/C22H18ClN3/c1-26-20-15-19(23)13-12-18(20)14-21(26)24-25-22(16-8-4-2-5-9-16)17-10-6-3-7-11-17/h2-13,15H,14H2,1H3/b24-21+. The van der Waals surface area contributed by atoms with E-state index in [9.17, 15) is 0 Å². The second-order valence-electron chi connectivity index (χ2n) is 6.21. The smallest absolute Gasteiger partial charge is 0.136 e. The van der Waals surface area contributed by atoms with Gasteiger partial charge in [-0.1, -0.05) is 78.3 Å². The summed E-state index contributed by atoms with van der Waals surface area (Å²) in [5, 5.41) is 9.95. The number of halogens is 1. The normalized spacial score (nSPS) is 14.4. The molecule has 0 fully saturated rings. The van der Waals surface area contributed by atoms with E-state index in [0.29, 0.717) is 0 Å². The molecule has 4 rings (SSSR count). The summed E-state index contributed by atoms with van der Waals surface area (Å²) in [6, 6.07) is 26.2. The van der Waals surface area contributed by atoms with Gasteiger partial charge in [0, 0.05) is 35.3 Å². The third kappa shape index (κ3) is 3.26. The predicted molar refractivity (Wildman–Crippen MR) is 110 cm³/mol. The minimum atomic E-state index is 0.731. The molecular formula is C22H18ClN3. The van der Waals surface area contributed by atoms with E-state index >= 15 is 0 Å². The van der Waals surface area contributed by atoms with Crippen molar-refractivity contribution in [1.29, 1.82) is 0 Å². The summed E-state index contributed by atoms with van der Waals surface area (Å²) < 4.78 is 0. The monoisotopic (exact) mass is 359 g/mol. The van der Waals surface area contributed by atoms with E-state index in [4.69, 9.17) is 11.6 Å². The van der Waals surface area contributed by atoms with Gasteiger partial charge in [-0.15, -0.1) is 10.2 Å². The van der Waals surface area contributed by atoms with Gasteiger partial charge in [0.05, 0.1) is 0 Å². The highest BCUT2D eigenvalue weighted by Gasteiger charge is 2.22. The maximum absolute atomic E-state index is 6.13. The molecule has 0 amide bonds. The SMILES string of the molecule is CN1/C(=N/N=C(c2ccccc2)c2ccccc2)Cc2ccc(Cl)cc21. The lowest BCUT2D eigenvalue weighted by Gasteiger charge is -2.13. The molecule has 0 spiro atoms. The van der Waals surface area contributed by atoms with Crippen molar-refractivity contribution in [3.8, 4) is 0 Å². The lowest BCUT2D eigenvalue weighted by molar-refractivity contribution is 1.16. The Balaban J connectivity index is 1.74. The summed E-state index contributed by atoms with van der Waals surface area (Å²) in [6.45, 7) is 0. The number of fused-ring (bicyclic) bond motifs is 1. The van der Waals surface area contributed by atoms with Crippen molar-refractivity contribution in [3.63, 3.8) is 0 Å². The predicted octanol–water partition coefficient (Wildman–Crippen LogP) is 5.18. The zero-order valence-corrected chi connectivity index (χ0v) is 15.2. The van der Waals surface area contributed by atoms with Gasteiger partial charge in [0.2, 0.25) is 0 Å². The number of likely N-dealkylation sites (N-methyl/N-ethyl adjacent to an activating group) is 1. The number of anilines is 1. The van der Waals surface area contributed by atoms with E-state index in [1.165, 1.54) is 5.56 Å². The molecule has 3 nitrogen and oxygen atoms in total. The van der Waals surface area contributed by atoms with E-state index in [-0.39, 0.29) is 0 Å². The summed E-state index contributed by atoms with van der Waals surface area (Å²) in [7, 11) is 2.00. The van der Waals surface area contributed by atoms with Crippen LogP contribution in [0.4, 0.5) is 5.69 Å². The third-order valence-corrected chi connectivity index (χ3v) is 4.74. The fourth-order valence-corrected chi connectivity index (χ4v) is 3.28. The molecule has 0 bridgehead atoms. The molecule has 1 aliphatic heterocycles. The van der Waals surface area contributed by atoms with Gasteiger partial charge < -0.3 is 4.90 Å². The summed E-state index contributed by atoms with van der Waals surface area (Å²) in [5.41, 5.74) is 5.26. The Morgan fingerprint density at radius 2 is 1.50 bits per heavy atom. The Morgan fingerprint density at radius 3 is 2.12 bits per heavy atom. The van der Waals surface area contributed by atoms with Crippen LogP contribution < -0.4 is 4.90 Å². The molecule has 0 aromatic heterocycles. The number of rotatable bonds is 3. The average Bonchev–Trinajstić information content (AvgIpc) is 2.99. The maximum atomic E-state index is 6.13. The Morgan fingerprint density at radius 1 is 0.885 bits per heavy atom. The van der Waals surface area contributed by atoms with E-state index in [0.717, 1.165) is 39.8 Å². The highest BCUT2D eigenvalue weighted by atomic mass is 35.5. The molecule has 0 saturated heterocycles. The molecule has 0 saturated carbocycles. The van der Waals surface area contributed by atoms with E-state index in [1.807, 2.05) is 55.6 Å². The van der Waals surface area contributed by atoms with Crippen LogP contribution in [0.2, 0.25) is 5.02 Å². The van der Waals surface area contributed by atoms with Crippen LogP contribution in [0.5, 0.6) is 0 Å². The molecule has 3 aromatic carbocycles. The lowest BCUT2D eigenvalue weighted by atomic mass is 10.0. The summed E-state index contributed by atoms with van der Waals surface area (Å²) >= 11 is 6.13. The zero-order valence-electron chi connectivity index (χ0n) is 14.4. The minimum absolute atomic E-state index is 0.731. The summed E-state index contributed by atoms with van der Waals surface area (Å²) in [6.07, 6.45) is 0.753. The lowest BCUT2D eigenvalue weighted by Crippen LogP contribution is -2.21. The van der Waals surface area contributed by atoms with Gasteiger partial charge in [-0.05, 0) is 17.7 Å². The molecule has 1 aliphatic rings. The van der Waals surface area contributed by atoms with Gasteiger partial charge in [-0.2, -0.15) is 0 Å². The van der Waals surface area contributed by atoms with Gasteiger partial charge in [0.1, 0.15) is 11.5 Å². The van der Waals surface area contributed by atoms with Crippen molar-refractivity contribution in [2.24, 2.45) is 10.2 Å². The van der Waals surface area contributed by atoms with Crippen LogP contribution >= 0.6 is 11.6 Å². The Kier molecular flexibility index (Phi) is 4.55.